The lowest BCUT2D eigenvalue weighted by molar-refractivity contribution is -0.138. The van der Waals surface area contributed by atoms with Crippen molar-refractivity contribution < 1.29 is 18.0 Å². The van der Waals surface area contributed by atoms with Crippen LogP contribution < -0.4 is 10.6 Å². The third-order valence-corrected chi connectivity index (χ3v) is 2.40. The first-order valence-corrected chi connectivity index (χ1v) is 5.51. The molecular formula is C12H15F3N2O. The van der Waals surface area contributed by atoms with Crippen molar-refractivity contribution in [2.75, 3.05) is 13.6 Å². The first-order chi connectivity index (χ1) is 8.45. The van der Waals surface area contributed by atoms with Crippen molar-refractivity contribution in [1.29, 1.82) is 0 Å². The summed E-state index contributed by atoms with van der Waals surface area (Å²) < 4.78 is 38.0. The maximum Gasteiger partial charge on any atom is 0.416 e. The molecule has 6 heteroatoms. The zero-order valence-electron chi connectivity index (χ0n) is 9.97. The summed E-state index contributed by atoms with van der Waals surface area (Å²) in [5.74, 6) is -0.277. The Balaban J connectivity index is 2.65. The van der Waals surface area contributed by atoms with Gasteiger partial charge in [-0.05, 0) is 18.7 Å². The van der Waals surface area contributed by atoms with Gasteiger partial charge in [0.2, 0.25) is 5.91 Å². The van der Waals surface area contributed by atoms with Crippen molar-refractivity contribution >= 4 is 5.91 Å². The van der Waals surface area contributed by atoms with Gasteiger partial charge in [-0.1, -0.05) is 18.2 Å². The molecule has 0 atom stereocenters. The van der Waals surface area contributed by atoms with Gasteiger partial charge in [-0.15, -0.1) is 0 Å². The molecule has 1 amide bonds. The zero-order valence-corrected chi connectivity index (χ0v) is 9.97. The summed E-state index contributed by atoms with van der Waals surface area (Å²) >= 11 is 0. The van der Waals surface area contributed by atoms with Crippen LogP contribution in [-0.4, -0.2) is 19.5 Å². The SMILES string of the molecule is CNCCC(=O)NCc1ccccc1C(F)(F)F. The zero-order chi connectivity index (χ0) is 13.6. The van der Waals surface area contributed by atoms with Crippen LogP contribution in [0.15, 0.2) is 24.3 Å². The lowest BCUT2D eigenvalue weighted by Gasteiger charge is -2.13. The van der Waals surface area contributed by atoms with E-state index < -0.39 is 11.7 Å². The van der Waals surface area contributed by atoms with Crippen LogP contribution in [0, 0.1) is 0 Å². The van der Waals surface area contributed by atoms with Crippen molar-refractivity contribution in [3.05, 3.63) is 35.4 Å². The number of hydrogen-bond acceptors (Lipinski definition) is 2. The lowest BCUT2D eigenvalue weighted by Crippen LogP contribution is -2.27. The first-order valence-electron chi connectivity index (χ1n) is 5.51. The molecule has 2 N–H and O–H groups in total. The van der Waals surface area contributed by atoms with E-state index in [9.17, 15) is 18.0 Å². The van der Waals surface area contributed by atoms with Gasteiger partial charge in [0.15, 0.2) is 0 Å². The second-order valence-corrected chi connectivity index (χ2v) is 3.79. The van der Waals surface area contributed by atoms with Crippen LogP contribution in [0.2, 0.25) is 0 Å². The van der Waals surface area contributed by atoms with E-state index >= 15 is 0 Å². The topological polar surface area (TPSA) is 41.1 Å². The largest absolute Gasteiger partial charge is 0.416 e. The Hall–Kier alpha value is -1.56. The molecule has 0 unspecified atom stereocenters. The van der Waals surface area contributed by atoms with E-state index in [4.69, 9.17) is 0 Å². The Bertz CT molecular complexity index is 405. The standard InChI is InChI=1S/C12H15F3N2O/c1-16-7-6-11(18)17-8-9-4-2-3-5-10(9)12(13,14)15/h2-5,16H,6-8H2,1H3,(H,17,18). The minimum Gasteiger partial charge on any atom is -0.352 e. The second kappa shape index (κ2) is 6.39. The van der Waals surface area contributed by atoms with E-state index in [1.54, 1.807) is 7.05 Å². The molecule has 0 aliphatic heterocycles. The molecule has 0 radical (unpaired) electrons. The Labute approximate surface area is 103 Å². The molecular weight excluding hydrogens is 245 g/mol. The Morgan fingerprint density at radius 1 is 1.28 bits per heavy atom. The molecule has 0 aromatic heterocycles. The number of carbonyl (C=O) groups is 1. The molecule has 1 rings (SSSR count). The van der Waals surface area contributed by atoms with Gasteiger partial charge in [0.1, 0.15) is 0 Å². The monoisotopic (exact) mass is 260 g/mol. The summed E-state index contributed by atoms with van der Waals surface area (Å²) in [4.78, 5) is 11.3. The maximum absolute atomic E-state index is 12.7. The van der Waals surface area contributed by atoms with Gasteiger partial charge >= 0.3 is 6.18 Å². The number of alkyl halides is 3. The highest BCUT2D eigenvalue weighted by Crippen LogP contribution is 2.31. The number of carbonyl (C=O) groups excluding carboxylic acids is 1. The van der Waals surface area contributed by atoms with Crippen LogP contribution in [-0.2, 0) is 17.5 Å². The normalized spacial score (nSPS) is 11.3. The van der Waals surface area contributed by atoms with Crippen molar-refractivity contribution in [1.82, 2.24) is 10.6 Å². The van der Waals surface area contributed by atoms with Crippen molar-refractivity contribution in [2.45, 2.75) is 19.1 Å². The van der Waals surface area contributed by atoms with Crippen LogP contribution in [0.4, 0.5) is 13.2 Å². The van der Waals surface area contributed by atoms with Gasteiger partial charge < -0.3 is 10.6 Å². The smallest absolute Gasteiger partial charge is 0.352 e. The summed E-state index contributed by atoms with van der Waals surface area (Å²) in [5.41, 5.74) is -0.637. The Kier molecular flexibility index (Phi) is 5.15. The van der Waals surface area contributed by atoms with Crippen LogP contribution in [0.25, 0.3) is 0 Å². The summed E-state index contributed by atoms with van der Waals surface area (Å²) in [6.45, 7) is 0.380. The Morgan fingerprint density at radius 2 is 1.94 bits per heavy atom. The number of benzene rings is 1. The van der Waals surface area contributed by atoms with Crippen molar-refractivity contribution in [3.63, 3.8) is 0 Å². The number of hydrogen-bond donors (Lipinski definition) is 2. The maximum atomic E-state index is 12.7. The highest BCUT2D eigenvalue weighted by Gasteiger charge is 2.32. The van der Waals surface area contributed by atoms with Crippen LogP contribution in [0.3, 0.4) is 0 Å². The van der Waals surface area contributed by atoms with E-state index in [-0.39, 0.29) is 24.4 Å². The van der Waals surface area contributed by atoms with Crippen molar-refractivity contribution in [2.24, 2.45) is 0 Å². The van der Waals surface area contributed by atoms with E-state index in [1.165, 1.54) is 18.2 Å². The molecule has 0 aliphatic carbocycles. The fourth-order valence-electron chi connectivity index (χ4n) is 1.47. The molecule has 18 heavy (non-hydrogen) atoms. The molecule has 100 valence electrons. The molecule has 0 aliphatic rings. The summed E-state index contributed by atoms with van der Waals surface area (Å²) in [6.07, 6.45) is -4.16. The highest BCUT2D eigenvalue weighted by atomic mass is 19.4. The fourth-order valence-corrected chi connectivity index (χ4v) is 1.47. The predicted molar refractivity (Wildman–Crippen MR) is 61.8 cm³/mol. The molecule has 1 aromatic carbocycles. The van der Waals surface area contributed by atoms with Crippen LogP contribution >= 0.6 is 0 Å². The minimum atomic E-state index is -4.40. The first kappa shape index (κ1) is 14.5. The predicted octanol–water partition coefficient (Wildman–Crippen LogP) is 1.93. The highest BCUT2D eigenvalue weighted by molar-refractivity contribution is 5.76. The molecule has 0 fully saturated rings. The third-order valence-electron chi connectivity index (χ3n) is 2.40. The second-order valence-electron chi connectivity index (χ2n) is 3.79. The van der Waals surface area contributed by atoms with E-state index in [0.29, 0.717) is 6.54 Å². The van der Waals surface area contributed by atoms with Gasteiger partial charge in [-0.2, -0.15) is 13.2 Å². The molecule has 1 aromatic rings. The van der Waals surface area contributed by atoms with Crippen LogP contribution in [0.5, 0.6) is 0 Å². The van der Waals surface area contributed by atoms with Gasteiger partial charge in [-0.25, -0.2) is 0 Å². The molecule has 0 bridgehead atoms. The quantitative estimate of drug-likeness (QED) is 0.849. The average Bonchev–Trinajstić information content (AvgIpc) is 2.33. The molecule has 0 saturated heterocycles. The van der Waals surface area contributed by atoms with Gasteiger partial charge in [0.05, 0.1) is 5.56 Å². The van der Waals surface area contributed by atoms with E-state index in [2.05, 4.69) is 10.6 Å². The van der Waals surface area contributed by atoms with Gasteiger partial charge in [0.25, 0.3) is 0 Å². The number of amides is 1. The molecule has 0 heterocycles. The van der Waals surface area contributed by atoms with Crippen molar-refractivity contribution in [3.8, 4) is 0 Å². The molecule has 0 saturated carbocycles. The minimum absolute atomic E-state index is 0.0720. The van der Waals surface area contributed by atoms with E-state index in [1.807, 2.05) is 0 Å². The average molecular weight is 260 g/mol. The summed E-state index contributed by atoms with van der Waals surface area (Å²) in [5, 5.41) is 5.26. The van der Waals surface area contributed by atoms with E-state index in [0.717, 1.165) is 6.07 Å². The number of nitrogens with one attached hydrogen (secondary N) is 2. The molecule has 3 nitrogen and oxygen atoms in total. The van der Waals surface area contributed by atoms with Gasteiger partial charge in [0, 0.05) is 19.5 Å². The summed E-state index contributed by atoms with van der Waals surface area (Å²) in [6, 6.07) is 5.22. The number of halogens is 3. The third kappa shape index (κ3) is 4.37. The number of rotatable bonds is 5. The molecule has 0 spiro atoms. The fraction of sp³-hybridized carbons (Fsp3) is 0.417. The van der Waals surface area contributed by atoms with Crippen LogP contribution in [0.1, 0.15) is 17.5 Å². The Morgan fingerprint density at radius 3 is 2.56 bits per heavy atom. The summed E-state index contributed by atoms with van der Waals surface area (Å²) in [7, 11) is 1.70. The lowest BCUT2D eigenvalue weighted by atomic mass is 10.1. The van der Waals surface area contributed by atoms with Gasteiger partial charge in [-0.3, -0.25) is 4.79 Å².